The SMILES string of the molecule is CCCCCCCCCCCCOc1ccc(C(=O)Oc2ccc(O[C@@H]3CCN(CCCCCCCCCCCC)C3)cc2)cc1. The molecule has 1 heterocycles. The van der Waals surface area contributed by atoms with Gasteiger partial charge in [-0.1, -0.05) is 129 Å². The molecular formula is C41H65NO4. The number of esters is 1. The maximum absolute atomic E-state index is 12.7. The van der Waals surface area contributed by atoms with Gasteiger partial charge >= 0.3 is 5.97 Å². The van der Waals surface area contributed by atoms with Gasteiger partial charge in [-0.2, -0.15) is 0 Å². The number of hydrogen-bond acceptors (Lipinski definition) is 5. The Morgan fingerprint density at radius 3 is 1.65 bits per heavy atom. The first kappa shape index (κ1) is 37.9. The van der Waals surface area contributed by atoms with Crippen LogP contribution in [0.4, 0.5) is 0 Å². The van der Waals surface area contributed by atoms with Crippen molar-refractivity contribution in [3.05, 3.63) is 54.1 Å². The Balaban J connectivity index is 1.22. The van der Waals surface area contributed by atoms with E-state index in [1.807, 2.05) is 36.4 Å². The molecule has 0 saturated carbocycles. The molecule has 0 radical (unpaired) electrons. The van der Waals surface area contributed by atoms with Crippen LogP contribution in [0.3, 0.4) is 0 Å². The number of rotatable bonds is 27. The van der Waals surface area contributed by atoms with E-state index >= 15 is 0 Å². The molecule has 5 heteroatoms. The number of benzene rings is 2. The van der Waals surface area contributed by atoms with E-state index in [0.29, 0.717) is 17.9 Å². The lowest BCUT2D eigenvalue weighted by atomic mass is 10.1. The summed E-state index contributed by atoms with van der Waals surface area (Å²) in [7, 11) is 0. The molecule has 0 amide bonds. The second-order valence-electron chi connectivity index (χ2n) is 13.4. The number of carbonyl (C=O) groups excluding carboxylic acids is 1. The summed E-state index contributed by atoms with van der Waals surface area (Å²) in [5.74, 6) is 1.78. The first-order valence-electron chi connectivity index (χ1n) is 19.1. The van der Waals surface area contributed by atoms with Crippen molar-refractivity contribution in [1.29, 1.82) is 0 Å². The lowest BCUT2D eigenvalue weighted by Crippen LogP contribution is -2.25. The molecule has 46 heavy (non-hydrogen) atoms. The van der Waals surface area contributed by atoms with Gasteiger partial charge in [0.05, 0.1) is 12.2 Å². The molecule has 0 N–H and O–H groups in total. The van der Waals surface area contributed by atoms with Crippen LogP contribution >= 0.6 is 0 Å². The lowest BCUT2D eigenvalue weighted by Gasteiger charge is -2.17. The fraction of sp³-hybridized carbons (Fsp3) is 0.683. The lowest BCUT2D eigenvalue weighted by molar-refractivity contribution is 0.0734. The predicted octanol–water partition coefficient (Wildman–Crippen LogP) is 11.6. The van der Waals surface area contributed by atoms with E-state index in [-0.39, 0.29) is 12.1 Å². The number of carbonyl (C=O) groups is 1. The van der Waals surface area contributed by atoms with Gasteiger partial charge in [-0.05, 0) is 74.3 Å². The summed E-state index contributed by atoms with van der Waals surface area (Å²) < 4.78 is 17.7. The largest absolute Gasteiger partial charge is 0.494 e. The monoisotopic (exact) mass is 635 g/mol. The van der Waals surface area contributed by atoms with Crippen LogP contribution in [0.2, 0.25) is 0 Å². The minimum absolute atomic E-state index is 0.224. The van der Waals surface area contributed by atoms with E-state index in [2.05, 4.69) is 18.7 Å². The van der Waals surface area contributed by atoms with Crippen molar-refractivity contribution in [2.24, 2.45) is 0 Å². The minimum atomic E-state index is -0.367. The summed E-state index contributed by atoms with van der Waals surface area (Å²) in [5.41, 5.74) is 0.514. The van der Waals surface area contributed by atoms with Crippen LogP contribution in [0, 0.1) is 0 Å². The standard InChI is InChI=1S/C41H65NO4/c1-3-5-7-9-11-13-15-17-19-21-32-42-33-31-40(35-42)45-38-27-29-39(30-28-38)46-41(43)36-23-25-37(26-24-36)44-34-22-20-18-16-14-12-10-8-6-4-2/h23-30,40H,3-22,31-35H2,1-2H3/t40-/m1/s1. The van der Waals surface area contributed by atoms with E-state index in [4.69, 9.17) is 14.2 Å². The second kappa shape index (κ2) is 24.6. The molecule has 0 spiro atoms. The molecule has 0 unspecified atom stereocenters. The Morgan fingerprint density at radius 1 is 0.609 bits per heavy atom. The van der Waals surface area contributed by atoms with E-state index in [1.165, 1.54) is 129 Å². The van der Waals surface area contributed by atoms with Crippen LogP contribution in [0.25, 0.3) is 0 Å². The van der Waals surface area contributed by atoms with Gasteiger partial charge in [-0.3, -0.25) is 4.90 Å². The van der Waals surface area contributed by atoms with Crippen molar-refractivity contribution < 1.29 is 19.0 Å². The van der Waals surface area contributed by atoms with Gasteiger partial charge in [0.2, 0.25) is 0 Å². The topological polar surface area (TPSA) is 48.0 Å². The quantitative estimate of drug-likeness (QED) is 0.0555. The Bertz CT molecular complexity index is 1020. The maximum Gasteiger partial charge on any atom is 0.343 e. The highest BCUT2D eigenvalue weighted by molar-refractivity contribution is 5.91. The van der Waals surface area contributed by atoms with Gasteiger partial charge in [0.15, 0.2) is 0 Å². The molecule has 3 rings (SSSR count). The third-order valence-electron chi connectivity index (χ3n) is 9.25. The van der Waals surface area contributed by atoms with Crippen molar-refractivity contribution in [2.75, 3.05) is 26.2 Å². The normalized spacial score (nSPS) is 14.9. The molecular weight excluding hydrogens is 570 g/mol. The first-order valence-corrected chi connectivity index (χ1v) is 19.1. The zero-order valence-electron chi connectivity index (χ0n) is 29.5. The van der Waals surface area contributed by atoms with Gasteiger partial charge in [0.1, 0.15) is 23.4 Å². The molecule has 2 aromatic carbocycles. The highest BCUT2D eigenvalue weighted by atomic mass is 16.5. The van der Waals surface area contributed by atoms with Crippen molar-refractivity contribution in [2.45, 2.75) is 155 Å². The van der Waals surface area contributed by atoms with Gasteiger partial charge in [0, 0.05) is 13.1 Å². The molecule has 1 fully saturated rings. The van der Waals surface area contributed by atoms with Crippen LogP contribution < -0.4 is 14.2 Å². The third kappa shape index (κ3) is 16.9. The van der Waals surface area contributed by atoms with E-state index < -0.39 is 0 Å². The van der Waals surface area contributed by atoms with Crippen molar-refractivity contribution in [1.82, 2.24) is 4.90 Å². The molecule has 258 valence electrons. The summed E-state index contributed by atoms with van der Waals surface area (Å²) in [4.78, 5) is 15.2. The summed E-state index contributed by atoms with van der Waals surface area (Å²) in [6, 6.07) is 14.7. The smallest absolute Gasteiger partial charge is 0.343 e. The van der Waals surface area contributed by atoms with Crippen LogP contribution in [-0.2, 0) is 0 Å². The number of likely N-dealkylation sites (tertiary alicyclic amines) is 1. The van der Waals surface area contributed by atoms with E-state index in [1.54, 1.807) is 12.1 Å². The number of ether oxygens (including phenoxy) is 3. The Labute approximate surface area is 281 Å². The summed E-state index contributed by atoms with van der Waals surface area (Å²) >= 11 is 0. The Kier molecular flexibility index (Phi) is 20.3. The third-order valence-corrected chi connectivity index (χ3v) is 9.25. The molecule has 0 aromatic heterocycles. The molecule has 5 nitrogen and oxygen atoms in total. The number of hydrogen-bond donors (Lipinski definition) is 0. The van der Waals surface area contributed by atoms with Crippen molar-refractivity contribution >= 4 is 5.97 Å². The maximum atomic E-state index is 12.7. The Morgan fingerprint density at radius 2 is 1.09 bits per heavy atom. The Hall–Kier alpha value is -2.53. The fourth-order valence-electron chi connectivity index (χ4n) is 6.33. The van der Waals surface area contributed by atoms with E-state index in [9.17, 15) is 4.79 Å². The van der Waals surface area contributed by atoms with Crippen molar-refractivity contribution in [3.63, 3.8) is 0 Å². The average Bonchev–Trinajstić information content (AvgIpc) is 3.52. The van der Waals surface area contributed by atoms with Crippen LogP contribution in [0.5, 0.6) is 17.2 Å². The van der Waals surface area contributed by atoms with Gasteiger partial charge < -0.3 is 14.2 Å². The van der Waals surface area contributed by atoms with Crippen molar-refractivity contribution in [3.8, 4) is 17.2 Å². The number of nitrogens with zero attached hydrogens (tertiary/aromatic N) is 1. The van der Waals surface area contributed by atoms with Gasteiger partial charge in [-0.25, -0.2) is 4.79 Å². The highest BCUT2D eigenvalue weighted by Gasteiger charge is 2.23. The fourth-order valence-corrected chi connectivity index (χ4v) is 6.33. The number of unbranched alkanes of at least 4 members (excludes halogenated alkanes) is 18. The molecule has 1 aliphatic rings. The summed E-state index contributed by atoms with van der Waals surface area (Å²) in [6.45, 7) is 8.55. The average molecular weight is 636 g/mol. The van der Waals surface area contributed by atoms with Crippen LogP contribution in [0.1, 0.15) is 159 Å². The molecule has 0 bridgehead atoms. The molecule has 1 aliphatic heterocycles. The summed E-state index contributed by atoms with van der Waals surface area (Å²) in [5, 5.41) is 0. The molecule has 0 aliphatic carbocycles. The van der Waals surface area contributed by atoms with Gasteiger partial charge in [-0.15, -0.1) is 0 Å². The highest BCUT2D eigenvalue weighted by Crippen LogP contribution is 2.23. The van der Waals surface area contributed by atoms with Gasteiger partial charge in [0.25, 0.3) is 0 Å². The van der Waals surface area contributed by atoms with E-state index in [0.717, 1.165) is 37.4 Å². The van der Waals surface area contributed by atoms with Crippen LogP contribution in [0.15, 0.2) is 48.5 Å². The predicted molar refractivity (Wildman–Crippen MR) is 192 cm³/mol. The second-order valence-corrected chi connectivity index (χ2v) is 13.4. The zero-order chi connectivity index (χ0) is 32.5. The summed E-state index contributed by atoms with van der Waals surface area (Å²) in [6.07, 6.45) is 28.2. The first-order chi connectivity index (χ1) is 22.7. The molecule has 1 saturated heterocycles. The zero-order valence-corrected chi connectivity index (χ0v) is 29.5. The minimum Gasteiger partial charge on any atom is -0.494 e. The molecule has 2 aromatic rings. The van der Waals surface area contributed by atoms with Crippen LogP contribution in [-0.4, -0.2) is 43.2 Å². The molecule has 1 atom stereocenters.